The van der Waals surface area contributed by atoms with E-state index in [1.807, 2.05) is 32.0 Å². The third kappa shape index (κ3) is 5.02. The van der Waals surface area contributed by atoms with Gasteiger partial charge in [-0.05, 0) is 31.0 Å². The Labute approximate surface area is 103 Å². The van der Waals surface area contributed by atoms with Gasteiger partial charge in [-0.25, -0.2) is 0 Å². The molecule has 2 N–H and O–H groups in total. The van der Waals surface area contributed by atoms with E-state index in [2.05, 4.69) is 11.9 Å². The van der Waals surface area contributed by atoms with Crippen LogP contribution in [-0.4, -0.2) is 30.9 Å². The first-order chi connectivity index (χ1) is 8.13. The van der Waals surface area contributed by atoms with Crippen LogP contribution in [-0.2, 0) is 0 Å². The van der Waals surface area contributed by atoms with E-state index in [0.29, 0.717) is 19.7 Å². The van der Waals surface area contributed by atoms with Crippen molar-refractivity contribution in [3.8, 4) is 5.75 Å². The maximum atomic E-state index is 9.68. The zero-order chi connectivity index (χ0) is 12.7. The number of nitrogens with one attached hydrogen (secondary N) is 1. The molecule has 1 aromatic carbocycles. The normalized spacial score (nSPS) is 12.2. The van der Waals surface area contributed by atoms with E-state index in [9.17, 15) is 5.11 Å². The fraction of sp³-hybridized carbons (Fsp3) is 0.429. The van der Waals surface area contributed by atoms with E-state index in [-0.39, 0.29) is 0 Å². The van der Waals surface area contributed by atoms with Gasteiger partial charge in [-0.2, -0.15) is 0 Å². The first kappa shape index (κ1) is 13.7. The molecule has 0 aliphatic carbocycles. The van der Waals surface area contributed by atoms with E-state index in [1.165, 1.54) is 0 Å². The lowest BCUT2D eigenvalue weighted by Gasteiger charge is -2.14. The summed E-state index contributed by atoms with van der Waals surface area (Å²) in [4.78, 5) is 0. The van der Waals surface area contributed by atoms with Crippen LogP contribution in [0, 0.1) is 13.8 Å². The number of aliphatic hydroxyl groups is 1. The van der Waals surface area contributed by atoms with Crippen LogP contribution >= 0.6 is 0 Å². The monoisotopic (exact) mass is 235 g/mol. The van der Waals surface area contributed by atoms with Crippen molar-refractivity contribution in [2.24, 2.45) is 0 Å². The fourth-order valence-electron chi connectivity index (χ4n) is 1.46. The van der Waals surface area contributed by atoms with Gasteiger partial charge in [-0.15, -0.1) is 6.58 Å². The van der Waals surface area contributed by atoms with Crippen molar-refractivity contribution in [3.05, 3.63) is 42.0 Å². The summed E-state index contributed by atoms with van der Waals surface area (Å²) in [6, 6.07) is 6.05. The third-order valence-corrected chi connectivity index (χ3v) is 2.44. The van der Waals surface area contributed by atoms with Gasteiger partial charge in [0.05, 0.1) is 0 Å². The average Bonchev–Trinajstić information content (AvgIpc) is 2.31. The Morgan fingerprint density at radius 3 is 2.94 bits per heavy atom. The van der Waals surface area contributed by atoms with Crippen molar-refractivity contribution in [2.75, 3.05) is 19.7 Å². The highest BCUT2D eigenvalue weighted by molar-refractivity contribution is 5.35. The predicted molar refractivity (Wildman–Crippen MR) is 70.5 cm³/mol. The van der Waals surface area contributed by atoms with Gasteiger partial charge in [-0.1, -0.05) is 18.2 Å². The molecule has 1 rings (SSSR count). The zero-order valence-electron chi connectivity index (χ0n) is 10.6. The molecule has 0 aromatic heterocycles. The second-order valence-corrected chi connectivity index (χ2v) is 4.18. The molecular weight excluding hydrogens is 214 g/mol. The minimum Gasteiger partial charge on any atom is -0.491 e. The molecule has 0 radical (unpaired) electrons. The quantitative estimate of drug-likeness (QED) is 0.559. The molecule has 94 valence electrons. The van der Waals surface area contributed by atoms with Crippen LogP contribution < -0.4 is 10.1 Å². The van der Waals surface area contributed by atoms with E-state index >= 15 is 0 Å². The molecule has 0 aliphatic rings. The Kier molecular flexibility index (Phi) is 5.73. The summed E-state index contributed by atoms with van der Waals surface area (Å²) in [6.45, 7) is 9.12. The molecule has 1 atom stereocenters. The van der Waals surface area contributed by atoms with Crippen molar-refractivity contribution in [3.63, 3.8) is 0 Å². The second-order valence-electron chi connectivity index (χ2n) is 4.18. The molecule has 0 heterocycles. The summed E-state index contributed by atoms with van der Waals surface area (Å²) in [5.41, 5.74) is 2.24. The first-order valence-corrected chi connectivity index (χ1v) is 5.83. The van der Waals surface area contributed by atoms with Crippen molar-refractivity contribution >= 4 is 0 Å². The SMILES string of the molecule is C=CCNCC(O)COc1cc(C)ccc1C. The first-order valence-electron chi connectivity index (χ1n) is 5.83. The Balaban J connectivity index is 2.38. The molecule has 1 unspecified atom stereocenters. The van der Waals surface area contributed by atoms with E-state index < -0.39 is 6.10 Å². The van der Waals surface area contributed by atoms with Crippen molar-refractivity contribution in [2.45, 2.75) is 20.0 Å². The van der Waals surface area contributed by atoms with Crippen LogP contribution in [0.4, 0.5) is 0 Å². The third-order valence-electron chi connectivity index (χ3n) is 2.44. The number of ether oxygens (including phenoxy) is 1. The van der Waals surface area contributed by atoms with Crippen molar-refractivity contribution < 1.29 is 9.84 Å². The number of aliphatic hydroxyl groups excluding tert-OH is 1. The summed E-state index contributed by atoms with van der Waals surface area (Å²) >= 11 is 0. The lowest BCUT2D eigenvalue weighted by molar-refractivity contribution is 0.107. The van der Waals surface area contributed by atoms with Crippen LogP contribution in [0.5, 0.6) is 5.75 Å². The van der Waals surface area contributed by atoms with Crippen molar-refractivity contribution in [1.82, 2.24) is 5.32 Å². The maximum absolute atomic E-state index is 9.68. The van der Waals surface area contributed by atoms with Gasteiger partial charge in [0, 0.05) is 13.1 Å². The van der Waals surface area contributed by atoms with E-state index in [0.717, 1.165) is 16.9 Å². The van der Waals surface area contributed by atoms with Gasteiger partial charge in [0.15, 0.2) is 0 Å². The number of hydrogen-bond donors (Lipinski definition) is 2. The van der Waals surface area contributed by atoms with Crippen LogP contribution in [0.1, 0.15) is 11.1 Å². The molecule has 1 aromatic rings. The molecule has 3 heteroatoms. The average molecular weight is 235 g/mol. The van der Waals surface area contributed by atoms with Crippen LogP contribution in [0.3, 0.4) is 0 Å². The maximum Gasteiger partial charge on any atom is 0.122 e. The minimum absolute atomic E-state index is 0.300. The molecule has 0 amide bonds. The number of aryl methyl sites for hydroxylation is 2. The van der Waals surface area contributed by atoms with Crippen LogP contribution in [0.15, 0.2) is 30.9 Å². The van der Waals surface area contributed by atoms with Crippen molar-refractivity contribution in [1.29, 1.82) is 0 Å². The molecule has 0 saturated carbocycles. The van der Waals surface area contributed by atoms with Gasteiger partial charge in [0.1, 0.15) is 18.5 Å². The summed E-state index contributed by atoms with van der Waals surface area (Å²) in [6.07, 6.45) is 1.26. The van der Waals surface area contributed by atoms with Gasteiger partial charge >= 0.3 is 0 Å². The topological polar surface area (TPSA) is 41.5 Å². The summed E-state index contributed by atoms with van der Waals surface area (Å²) < 4.78 is 5.59. The van der Waals surface area contributed by atoms with Gasteiger partial charge in [0.2, 0.25) is 0 Å². The molecule has 0 aliphatic heterocycles. The molecular formula is C14H21NO2. The van der Waals surface area contributed by atoms with Crippen LogP contribution in [0.2, 0.25) is 0 Å². The standard InChI is InChI=1S/C14H21NO2/c1-4-7-15-9-13(16)10-17-14-8-11(2)5-6-12(14)3/h4-6,8,13,15-16H,1,7,9-10H2,2-3H3. The summed E-state index contributed by atoms with van der Waals surface area (Å²) in [5, 5.41) is 12.7. The number of rotatable bonds is 7. The van der Waals surface area contributed by atoms with Crippen LogP contribution in [0.25, 0.3) is 0 Å². The summed E-state index contributed by atoms with van der Waals surface area (Å²) in [7, 11) is 0. The Hall–Kier alpha value is -1.32. The zero-order valence-corrected chi connectivity index (χ0v) is 10.6. The largest absolute Gasteiger partial charge is 0.491 e. The Morgan fingerprint density at radius 2 is 2.24 bits per heavy atom. The highest BCUT2D eigenvalue weighted by Crippen LogP contribution is 2.19. The fourth-order valence-corrected chi connectivity index (χ4v) is 1.46. The molecule has 3 nitrogen and oxygen atoms in total. The highest BCUT2D eigenvalue weighted by atomic mass is 16.5. The highest BCUT2D eigenvalue weighted by Gasteiger charge is 2.06. The van der Waals surface area contributed by atoms with E-state index in [1.54, 1.807) is 6.08 Å². The van der Waals surface area contributed by atoms with Gasteiger partial charge < -0.3 is 15.2 Å². The Bertz CT molecular complexity index is 363. The molecule has 0 bridgehead atoms. The smallest absolute Gasteiger partial charge is 0.122 e. The molecule has 0 fully saturated rings. The molecule has 0 saturated heterocycles. The lowest BCUT2D eigenvalue weighted by atomic mass is 10.1. The Morgan fingerprint density at radius 1 is 1.47 bits per heavy atom. The predicted octanol–water partition coefficient (Wildman–Crippen LogP) is 1.82. The second kappa shape index (κ2) is 7.09. The number of benzene rings is 1. The number of hydrogen-bond acceptors (Lipinski definition) is 3. The van der Waals surface area contributed by atoms with Gasteiger partial charge in [-0.3, -0.25) is 0 Å². The molecule has 17 heavy (non-hydrogen) atoms. The van der Waals surface area contributed by atoms with E-state index in [4.69, 9.17) is 4.74 Å². The summed E-state index contributed by atoms with van der Waals surface area (Å²) in [5.74, 6) is 0.841. The minimum atomic E-state index is -0.505. The molecule has 0 spiro atoms. The lowest BCUT2D eigenvalue weighted by Crippen LogP contribution is -2.31. The van der Waals surface area contributed by atoms with Gasteiger partial charge in [0.25, 0.3) is 0 Å².